The average molecular weight is 192 g/mol. The molecule has 0 spiro atoms. The Hall–Kier alpha value is -0.550. The van der Waals surface area contributed by atoms with E-state index in [0.717, 1.165) is 6.07 Å². The quantitative estimate of drug-likeness (QED) is 0.460. The molecule has 0 heterocycles. The Morgan fingerprint density at radius 1 is 1.46 bits per heavy atom. The molecule has 4 nitrogen and oxygen atoms in total. The van der Waals surface area contributed by atoms with E-state index in [1.165, 1.54) is 12.1 Å². The number of benzene rings is 1. The molecular formula is C8H9NaO4. The summed E-state index contributed by atoms with van der Waals surface area (Å²) >= 11 is 0. The van der Waals surface area contributed by atoms with E-state index in [-0.39, 0.29) is 48.9 Å². The Bertz CT molecular complexity index is 316. The SMILES string of the molecule is O=C(O)c1ccc(CO)c(O)c1.[H-].[Na+]. The Morgan fingerprint density at radius 2 is 2.08 bits per heavy atom. The van der Waals surface area contributed by atoms with Crippen molar-refractivity contribution < 1.29 is 51.1 Å². The Kier molecular flexibility index (Phi) is 5.02. The molecule has 1 aromatic rings. The molecule has 0 aliphatic heterocycles. The first kappa shape index (κ1) is 12.4. The van der Waals surface area contributed by atoms with Gasteiger partial charge in [-0.15, -0.1) is 0 Å². The number of carboxylic acids is 1. The van der Waals surface area contributed by atoms with Gasteiger partial charge >= 0.3 is 35.5 Å². The zero-order chi connectivity index (χ0) is 9.14. The van der Waals surface area contributed by atoms with E-state index < -0.39 is 5.97 Å². The summed E-state index contributed by atoms with van der Waals surface area (Å²) in [6.45, 7) is -0.300. The van der Waals surface area contributed by atoms with Crippen LogP contribution < -0.4 is 29.6 Å². The summed E-state index contributed by atoms with van der Waals surface area (Å²) < 4.78 is 0. The van der Waals surface area contributed by atoms with Crippen LogP contribution in [-0.4, -0.2) is 21.3 Å². The van der Waals surface area contributed by atoms with Crippen LogP contribution in [0.2, 0.25) is 0 Å². The molecule has 0 bridgehead atoms. The van der Waals surface area contributed by atoms with E-state index in [1.54, 1.807) is 0 Å². The van der Waals surface area contributed by atoms with E-state index in [4.69, 9.17) is 15.3 Å². The average Bonchev–Trinajstić information content (AvgIpc) is 2.04. The molecule has 66 valence electrons. The molecule has 0 unspecified atom stereocenters. The van der Waals surface area contributed by atoms with Gasteiger partial charge in [0.05, 0.1) is 12.2 Å². The van der Waals surface area contributed by atoms with Gasteiger partial charge in [-0.05, 0) is 12.1 Å². The third-order valence-electron chi connectivity index (χ3n) is 1.50. The first-order chi connectivity index (χ1) is 5.65. The van der Waals surface area contributed by atoms with E-state index in [2.05, 4.69) is 0 Å². The number of hydrogen-bond acceptors (Lipinski definition) is 3. The molecule has 0 radical (unpaired) electrons. The topological polar surface area (TPSA) is 77.8 Å². The molecule has 0 saturated heterocycles. The van der Waals surface area contributed by atoms with Crippen LogP contribution in [-0.2, 0) is 6.61 Å². The fourth-order valence-corrected chi connectivity index (χ4v) is 0.831. The number of hydrogen-bond donors (Lipinski definition) is 3. The van der Waals surface area contributed by atoms with Crippen molar-refractivity contribution in [2.24, 2.45) is 0 Å². The van der Waals surface area contributed by atoms with Crippen molar-refractivity contribution in [3.8, 4) is 5.75 Å². The first-order valence-electron chi connectivity index (χ1n) is 3.31. The van der Waals surface area contributed by atoms with Crippen molar-refractivity contribution in [2.45, 2.75) is 6.61 Å². The summed E-state index contributed by atoms with van der Waals surface area (Å²) in [7, 11) is 0. The molecule has 1 aromatic carbocycles. The second-order valence-electron chi connectivity index (χ2n) is 2.31. The molecule has 0 fully saturated rings. The number of rotatable bonds is 2. The molecule has 0 aliphatic rings. The van der Waals surface area contributed by atoms with Gasteiger partial charge in [0.25, 0.3) is 0 Å². The molecule has 0 atom stereocenters. The summed E-state index contributed by atoms with van der Waals surface area (Å²) in [5, 5.41) is 26.3. The number of aromatic hydroxyl groups is 1. The molecule has 1 rings (SSSR count). The van der Waals surface area contributed by atoms with Gasteiger partial charge in [0.2, 0.25) is 0 Å². The fraction of sp³-hybridized carbons (Fsp3) is 0.125. The third-order valence-corrected chi connectivity index (χ3v) is 1.50. The van der Waals surface area contributed by atoms with Gasteiger partial charge in [0.15, 0.2) is 0 Å². The smallest absolute Gasteiger partial charge is 1.00 e. The zero-order valence-electron chi connectivity index (χ0n) is 8.19. The summed E-state index contributed by atoms with van der Waals surface area (Å²) in [5.74, 6) is -1.30. The Morgan fingerprint density at radius 3 is 2.46 bits per heavy atom. The number of aliphatic hydroxyl groups is 1. The minimum Gasteiger partial charge on any atom is -1.00 e. The van der Waals surface area contributed by atoms with Crippen LogP contribution in [0.3, 0.4) is 0 Å². The number of aromatic carboxylic acids is 1. The van der Waals surface area contributed by atoms with Crippen molar-refractivity contribution in [3.63, 3.8) is 0 Å². The molecule has 3 N–H and O–H groups in total. The van der Waals surface area contributed by atoms with Crippen molar-refractivity contribution in [1.29, 1.82) is 0 Å². The first-order valence-corrected chi connectivity index (χ1v) is 3.31. The summed E-state index contributed by atoms with van der Waals surface area (Å²) in [6, 6.07) is 3.81. The number of phenols is 1. The Balaban J connectivity index is 0. The second-order valence-corrected chi connectivity index (χ2v) is 2.31. The summed E-state index contributed by atoms with van der Waals surface area (Å²) in [5.41, 5.74) is 0.324. The second kappa shape index (κ2) is 5.24. The molecule has 0 saturated carbocycles. The summed E-state index contributed by atoms with van der Waals surface area (Å²) in [4.78, 5) is 10.4. The minimum atomic E-state index is -1.10. The van der Waals surface area contributed by atoms with Crippen molar-refractivity contribution in [3.05, 3.63) is 29.3 Å². The van der Waals surface area contributed by atoms with E-state index in [9.17, 15) is 4.79 Å². The summed E-state index contributed by atoms with van der Waals surface area (Å²) in [6.07, 6.45) is 0. The molecule has 0 amide bonds. The predicted octanol–water partition coefficient (Wildman–Crippen LogP) is -2.30. The van der Waals surface area contributed by atoms with E-state index in [0.29, 0.717) is 5.56 Å². The third kappa shape index (κ3) is 3.00. The van der Waals surface area contributed by atoms with Gasteiger partial charge in [0, 0.05) is 5.56 Å². The largest absolute Gasteiger partial charge is 1.00 e. The Labute approximate surface area is 98.6 Å². The van der Waals surface area contributed by atoms with Crippen molar-refractivity contribution >= 4 is 5.97 Å². The molecular weight excluding hydrogens is 183 g/mol. The van der Waals surface area contributed by atoms with Gasteiger partial charge in [-0.2, -0.15) is 0 Å². The fourth-order valence-electron chi connectivity index (χ4n) is 0.831. The molecule has 5 heteroatoms. The molecule has 0 aliphatic carbocycles. The van der Waals surface area contributed by atoms with Crippen LogP contribution in [0, 0.1) is 0 Å². The number of carbonyl (C=O) groups is 1. The normalized spacial score (nSPS) is 9.00. The van der Waals surface area contributed by atoms with Crippen LogP contribution in [0.15, 0.2) is 18.2 Å². The van der Waals surface area contributed by atoms with Crippen LogP contribution in [0.25, 0.3) is 0 Å². The monoisotopic (exact) mass is 192 g/mol. The van der Waals surface area contributed by atoms with E-state index in [1.807, 2.05) is 0 Å². The number of carboxylic acid groups (broad SMARTS) is 1. The van der Waals surface area contributed by atoms with Gasteiger partial charge in [0.1, 0.15) is 5.75 Å². The number of aliphatic hydroxyl groups excluding tert-OH is 1. The molecule has 13 heavy (non-hydrogen) atoms. The maximum atomic E-state index is 10.4. The standard InChI is InChI=1S/C8H8O4.Na.H/c9-4-6-2-1-5(8(11)12)3-7(6)10;;/h1-3,9-10H,4H2,(H,11,12);;/q;+1;-1. The predicted molar refractivity (Wildman–Crippen MR) is 42.1 cm³/mol. The molecule has 0 aromatic heterocycles. The van der Waals surface area contributed by atoms with Gasteiger partial charge in [-0.1, -0.05) is 6.07 Å². The maximum absolute atomic E-state index is 10.4. The van der Waals surface area contributed by atoms with Crippen molar-refractivity contribution in [2.75, 3.05) is 0 Å². The minimum absolute atomic E-state index is 0. The zero-order valence-corrected chi connectivity index (χ0v) is 9.19. The van der Waals surface area contributed by atoms with Crippen LogP contribution in [0.5, 0.6) is 5.75 Å². The maximum Gasteiger partial charge on any atom is 1.00 e. The van der Waals surface area contributed by atoms with Crippen LogP contribution >= 0.6 is 0 Å². The van der Waals surface area contributed by atoms with Gasteiger partial charge in [-0.3, -0.25) is 0 Å². The van der Waals surface area contributed by atoms with Crippen LogP contribution in [0.4, 0.5) is 0 Å². The van der Waals surface area contributed by atoms with E-state index >= 15 is 0 Å². The van der Waals surface area contributed by atoms with Gasteiger partial charge in [-0.25, -0.2) is 4.79 Å². The van der Waals surface area contributed by atoms with Crippen LogP contribution in [0.1, 0.15) is 17.3 Å². The van der Waals surface area contributed by atoms with Crippen molar-refractivity contribution in [1.82, 2.24) is 0 Å². The van der Waals surface area contributed by atoms with Gasteiger partial charge < -0.3 is 16.7 Å².